The lowest BCUT2D eigenvalue weighted by atomic mass is 9.95. The molecule has 10 heteroatoms. The number of carbonyl (C=O) groups excluding carboxylic acids is 1. The van der Waals surface area contributed by atoms with Crippen LogP contribution in [0.1, 0.15) is 29.5 Å². The third-order valence-electron chi connectivity index (χ3n) is 6.71. The first-order chi connectivity index (χ1) is 17.5. The fourth-order valence-electron chi connectivity index (χ4n) is 4.87. The van der Waals surface area contributed by atoms with Gasteiger partial charge in [-0.1, -0.05) is 47.7 Å². The van der Waals surface area contributed by atoms with Crippen molar-refractivity contribution in [1.29, 1.82) is 0 Å². The zero-order valence-corrected chi connectivity index (χ0v) is 21.0. The summed E-state index contributed by atoms with van der Waals surface area (Å²) in [6.07, 6.45) is 1.50. The molecule has 4 heterocycles. The highest BCUT2D eigenvalue weighted by atomic mass is 32.1. The third kappa shape index (κ3) is 4.28. The average Bonchev–Trinajstić information content (AvgIpc) is 3.54. The number of rotatable bonds is 5. The van der Waals surface area contributed by atoms with Crippen LogP contribution in [0.2, 0.25) is 0 Å². The number of anilines is 2. The first-order valence-electron chi connectivity index (χ1n) is 12.1. The lowest BCUT2D eigenvalue weighted by molar-refractivity contribution is -0.123. The van der Waals surface area contributed by atoms with Gasteiger partial charge in [-0.3, -0.25) is 9.69 Å². The van der Waals surface area contributed by atoms with Gasteiger partial charge in [0.15, 0.2) is 16.6 Å². The molecule has 1 aliphatic rings. The zero-order chi connectivity index (χ0) is 24.6. The maximum absolute atomic E-state index is 13.9. The molecule has 3 aromatic heterocycles. The van der Waals surface area contributed by atoms with Crippen molar-refractivity contribution in [2.75, 3.05) is 22.9 Å². The molecule has 9 nitrogen and oxygen atoms in total. The molecule has 0 radical (unpaired) electrons. The molecule has 0 atom stereocenters. The predicted molar refractivity (Wildman–Crippen MR) is 140 cm³/mol. The minimum absolute atomic E-state index is 0.0726. The maximum Gasteiger partial charge on any atom is 0.232 e. The molecule has 182 valence electrons. The first kappa shape index (κ1) is 22.5. The Labute approximate surface area is 212 Å². The molecule has 0 unspecified atom stereocenters. The fourth-order valence-corrected chi connectivity index (χ4v) is 5.89. The summed E-state index contributed by atoms with van der Waals surface area (Å²) >= 11 is 1.60. The van der Waals surface area contributed by atoms with E-state index in [4.69, 9.17) is 4.98 Å². The molecular formula is C26H26N8OS. The summed E-state index contributed by atoms with van der Waals surface area (Å²) in [6.45, 7) is 6.19. The van der Waals surface area contributed by atoms with Gasteiger partial charge in [0.1, 0.15) is 0 Å². The van der Waals surface area contributed by atoms with E-state index in [1.165, 1.54) is 15.8 Å². The van der Waals surface area contributed by atoms with Gasteiger partial charge in [0.2, 0.25) is 5.91 Å². The highest BCUT2D eigenvalue weighted by Gasteiger charge is 2.31. The molecule has 1 amide bonds. The quantitative estimate of drug-likeness (QED) is 0.359. The van der Waals surface area contributed by atoms with Crippen molar-refractivity contribution < 1.29 is 4.79 Å². The van der Waals surface area contributed by atoms with Crippen LogP contribution >= 0.6 is 11.3 Å². The molecule has 0 N–H and O–H groups in total. The summed E-state index contributed by atoms with van der Waals surface area (Å²) in [6, 6.07) is 18.2. The van der Waals surface area contributed by atoms with Gasteiger partial charge in [-0.2, -0.15) is 0 Å². The lowest BCUT2D eigenvalue weighted by Gasteiger charge is -2.34. The molecular weight excluding hydrogens is 472 g/mol. The van der Waals surface area contributed by atoms with Crippen LogP contribution in [0, 0.1) is 19.8 Å². The third-order valence-corrected chi connectivity index (χ3v) is 7.94. The lowest BCUT2D eigenvalue weighted by Crippen LogP contribution is -2.43. The van der Waals surface area contributed by atoms with Crippen molar-refractivity contribution in [2.45, 2.75) is 33.2 Å². The summed E-state index contributed by atoms with van der Waals surface area (Å²) < 4.78 is 2.57. The first-order valence-corrected chi connectivity index (χ1v) is 12.9. The molecule has 0 bridgehead atoms. The number of nitrogens with zero attached hydrogens (tertiary/aromatic N) is 8. The van der Waals surface area contributed by atoms with E-state index in [1.807, 2.05) is 35.2 Å². The molecule has 1 saturated heterocycles. The van der Waals surface area contributed by atoms with E-state index in [1.54, 1.807) is 11.3 Å². The molecule has 1 fully saturated rings. The van der Waals surface area contributed by atoms with E-state index in [9.17, 15) is 4.79 Å². The number of aromatic nitrogens is 6. The molecule has 0 spiro atoms. The summed E-state index contributed by atoms with van der Waals surface area (Å²) in [5, 5.41) is 16.7. The van der Waals surface area contributed by atoms with Gasteiger partial charge in [-0.25, -0.2) is 4.98 Å². The fraction of sp³-hybridized carbons (Fsp3) is 0.308. The van der Waals surface area contributed by atoms with Crippen LogP contribution in [0.15, 0.2) is 54.6 Å². The van der Waals surface area contributed by atoms with Gasteiger partial charge in [-0.15, -0.1) is 14.8 Å². The number of tetrazole rings is 1. The van der Waals surface area contributed by atoms with Crippen molar-refractivity contribution in [2.24, 2.45) is 5.92 Å². The Morgan fingerprint density at radius 3 is 2.69 bits per heavy atom. The van der Waals surface area contributed by atoms with Gasteiger partial charge in [-0.05, 0) is 72.0 Å². The van der Waals surface area contributed by atoms with Gasteiger partial charge in [0, 0.05) is 19.0 Å². The normalized spacial score (nSPS) is 14.6. The van der Waals surface area contributed by atoms with Gasteiger partial charge < -0.3 is 4.90 Å². The number of amides is 1. The monoisotopic (exact) mass is 498 g/mol. The van der Waals surface area contributed by atoms with Crippen molar-refractivity contribution in [3.8, 4) is 0 Å². The van der Waals surface area contributed by atoms with Crippen LogP contribution in [0.3, 0.4) is 0 Å². The Hall–Kier alpha value is -3.92. The molecule has 5 aromatic rings. The Bertz CT molecular complexity index is 1540. The van der Waals surface area contributed by atoms with Crippen LogP contribution in [0.4, 0.5) is 10.9 Å². The van der Waals surface area contributed by atoms with Crippen LogP contribution in [0.5, 0.6) is 0 Å². The Morgan fingerprint density at radius 1 is 1.08 bits per heavy atom. The summed E-state index contributed by atoms with van der Waals surface area (Å²) in [5.41, 5.74) is 5.04. The molecule has 36 heavy (non-hydrogen) atoms. The molecule has 0 aliphatic carbocycles. The Morgan fingerprint density at radius 2 is 1.89 bits per heavy atom. The minimum Gasteiger partial charge on any atom is -0.355 e. The van der Waals surface area contributed by atoms with Crippen molar-refractivity contribution >= 4 is 44.1 Å². The van der Waals surface area contributed by atoms with E-state index >= 15 is 0 Å². The average molecular weight is 499 g/mol. The van der Waals surface area contributed by atoms with Gasteiger partial charge in [0.25, 0.3) is 0 Å². The number of hydrogen-bond donors (Lipinski definition) is 0. The van der Waals surface area contributed by atoms with Crippen molar-refractivity contribution in [3.05, 3.63) is 71.3 Å². The molecule has 6 rings (SSSR count). The minimum atomic E-state index is -0.0726. The molecule has 1 aliphatic heterocycles. The number of carbonyl (C=O) groups is 1. The SMILES string of the molecule is Cc1cc(C)c2sc(N(Cc3ccccc3)C(=O)C3CCN(c4ccc5nnnn5n4)CC3)nc2c1. The van der Waals surface area contributed by atoms with E-state index in [0.29, 0.717) is 12.2 Å². The second-order valence-corrected chi connectivity index (χ2v) is 10.3. The van der Waals surface area contributed by atoms with Crippen LogP contribution in [0.25, 0.3) is 15.9 Å². The largest absolute Gasteiger partial charge is 0.355 e. The van der Waals surface area contributed by atoms with E-state index in [0.717, 1.165) is 52.7 Å². The van der Waals surface area contributed by atoms with Crippen LogP contribution < -0.4 is 9.80 Å². The Balaban J connectivity index is 1.25. The Kier molecular flexibility index (Phi) is 5.80. The van der Waals surface area contributed by atoms with E-state index in [2.05, 4.69) is 63.6 Å². The second kappa shape index (κ2) is 9.27. The number of hydrogen-bond acceptors (Lipinski definition) is 8. The van der Waals surface area contributed by atoms with E-state index in [-0.39, 0.29) is 11.8 Å². The molecule has 0 saturated carbocycles. The standard InChI is InChI=1S/C26H26N8OS/c1-17-14-18(2)24-21(15-17)27-26(36-24)33(16-19-6-4-3-5-7-19)25(35)20-10-12-32(13-11-20)23-9-8-22-28-30-31-34(22)29-23/h3-9,14-15,20H,10-13,16H2,1-2H3. The summed E-state index contributed by atoms with van der Waals surface area (Å²) in [5.74, 6) is 0.881. The van der Waals surface area contributed by atoms with Gasteiger partial charge in [0.05, 0.1) is 16.8 Å². The zero-order valence-electron chi connectivity index (χ0n) is 20.2. The maximum atomic E-state index is 13.9. The highest BCUT2D eigenvalue weighted by Crippen LogP contribution is 2.35. The van der Waals surface area contributed by atoms with Gasteiger partial charge >= 0.3 is 0 Å². The highest BCUT2D eigenvalue weighted by molar-refractivity contribution is 7.22. The number of fused-ring (bicyclic) bond motifs is 2. The smallest absolute Gasteiger partial charge is 0.232 e. The van der Waals surface area contributed by atoms with Crippen molar-refractivity contribution in [1.82, 2.24) is 30.2 Å². The number of benzene rings is 2. The topological polar surface area (TPSA) is 92.4 Å². The summed E-state index contributed by atoms with van der Waals surface area (Å²) in [7, 11) is 0. The van der Waals surface area contributed by atoms with E-state index < -0.39 is 0 Å². The van der Waals surface area contributed by atoms with Crippen LogP contribution in [-0.4, -0.2) is 49.2 Å². The molecule has 2 aromatic carbocycles. The van der Waals surface area contributed by atoms with Crippen LogP contribution in [-0.2, 0) is 11.3 Å². The number of piperidine rings is 1. The predicted octanol–water partition coefficient (Wildman–Crippen LogP) is 4.20. The van der Waals surface area contributed by atoms with Crippen molar-refractivity contribution in [3.63, 3.8) is 0 Å². The second-order valence-electron chi connectivity index (χ2n) is 9.32. The number of thiazole rings is 1. The summed E-state index contributed by atoms with van der Waals surface area (Å²) in [4.78, 5) is 22.9. The number of aryl methyl sites for hydroxylation is 2.